The minimum Gasteiger partial charge on any atom is -0.368 e. The average Bonchev–Trinajstić information content (AvgIpc) is 2.55. The van der Waals surface area contributed by atoms with E-state index in [2.05, 4.69) is 25.6 Å². The zero-order valence-electron chi connectivity index (χ0n) is 13.3. The van der Waals surface area contributed by atoms with Crippen LogP contribution in [-0.2, 0) is 4.79 Å². The molecule has 1 amide bonds. The first-order chi connectivity index (χ1) is 11.6. The lowest BCUT2D eigenvalue weighted by atomic mass is 10.1. The molecule has 0 aliphatic heterocycles. The van der Waals surface area contributed by atoms with Crippen molar-refractivity contribution >= 4 is 28.7 Å². The predicted octanol–water partition coefficient (Wildman–Crippen LogP) is 3.22. The van der Waals surface area contributed by atoms with Gasteiger partial charge in [0.05, 0.1) is 11.2 Å². The molecule has 3 aromatic rings. The number of fused-ring (bicyclic) bond motifs is 1. The van der Waals surface area contributed by atoms with Gasteiger partial charge in [-0.25, -0.2) is 14.4 Å². The molecule has 24 heavy (non-hydrogen) atoms. The number of carbonyl (C=O) groups is 1. The van der Waals surface area contributed by atoms with Crippen LogP contribution in [0.1, 0.15) is 13.8 Å². The van der Waals surface area contributed by atoms with Gasteiger partial charge in [-0.2, -0.15) is 4.98 Å². The fourth-order valence-corrected chi connectivity index (χ4v) is 2.30. The van der Waals surface area contributed by atoms with Crippen molar-refractivity contribution in [2.75, 3.05) is 17.2 Å². The number of anilines is 2. The highest BCUT2D eigenvalue weighted by molar-refractivity contribution is 5.91. The molecule has 0 radical (unpaired) electrons. The molecule has 0 atom stereocenters. The normalized spacial score (nSPS) is 10.6. The van der Waals surface area contributed by atoms with Crippen molar-refractivity contribution in [1.29, 1.82) is 0 Å². The molecule has 0 unspecified atom stereocenters. The summed E-state index contributed by atoms with van der Waals surface area (Å²) in [5, 5.41) is 5.70. The van der Waals surface area contributed by atoms with E-state index in [1.165, 1.54) is 19.1 Å². The monoisotopic (exact) mass is 325 g/mol. The lowest BCUT2D eigenvalue weighted by molar-refractivity contribution is -0.114. The summed E-state index contributed by atoms with van der Waals surface area (Å²) < 4.78 is 13.1. The smallest absolute Gasteiger partial charge is 0.232 e. The summed E-state index contributed by atoms with van der Waals surface area (Å²) >= 11 is 0. The third-order valence-corrected chi connectivity index (χ3v) is 3.31. The number of nitrogens with one attached hydrogen (secondary N) is 2. The Kier molecular flexibility index (Phi) is 4.33. The van der Waals surface area contributed by atoms with E-state index in [0.29, 0.717) is 29.1 Å². The van der Waals surface area contributed by atoms with Crippen molar-refractivity contribution in [3.8, 4) is 11.3 Å². The van der Waals surface area contributed by atoms with Crippen LogP contribution in [0.15, 0.2) is 36.4 Å². The molecule has 0 bridgehead atoms. The maximum atomic E-state index is 13.1. The number of pyridine rings is 1. The summed E-state index contributed by atoms with van der Waals surface area (Å²) in [5.41, 5.74) is 2.69. The number of hydrogen-bond donors (Lipinski definition) is 2. The van der Waals surface area contributed by atoms with E-state index in [1.807, 2.05) is 6.92 Å². The van der Waals surface area contributed by atoms with E-state index in [4.69, 9.17) is 0 Å². The summed E-state index contributed by atoms with van der Waals surface area (Å²) in [6, 6.07) is 9.72. The van der Waals surface area contributed by atoms with E-state index < -0.39 is 0 Å². The maximum Gasteiger partial charge on any atom is 0.232 e. The quantitative estimate of drug-likeness (QED) is 0.770. The third-order valence-electron chi connectivity index (χ3n) is 3.31. The lowest BCUT2D eigenvalue weighted by Gasteiger charge is -2.10. The molecular weight excluding hydrogens is 309 g/mol. The number of nitrogens with zero attached hydrogens (tertiary/aromatic N) is 3. The highest BCUT2D eigenvalue weighted by Crippen LogP contribution is 2.25. The van der Waals surface area contributed by atoms with Crippen LogP contribution >= 0.6 is 0 Å². The number of amides is 1. The largest absolute Gasteiger partial charge is 0.368 e. The molecule has 0 saturated heterocycles. The van der Waals surface area contributed by atoms with Gasteiger partial charge in [0.2, 0.25) is 11.9 Å². The van der Waals surface area contributed by atoms with Gasteiger partial charge < -0.3 is 5.32 Å². The average molecular weight is 325 g/mol. The summed E-state index contributed by atoms with van der Waals surface area (Å²) in [5.74, 6) is 0.223. The SMILES string of the molecule is CCNc1nc(NC(C)=O)nc2ccc(-c3ccc(F)cc3)nc12. The zero-order valence-corrected chi connectivity index (χ0v) is 13.3. The second-order valence-electron chi connectivity index (χ2n) is 5.18. The van der Waals surface area contributed by atoms with E-state index in [1.54, 1.807) is 24.3 Å². The zero-order chi connectivity index (χ0) is 17.1. The maximum absolute atomic E-state index is 13.1. The van der Waals surface area contributed by atoms with Crippen LogP contribution in [0.4, 0.5) is 16.2 Å². The number of aromatic nitrogens is 3. The number of rotatable bonds is 4. The molecule has 122 valence electrons. The van der Waals surface area contributed by atoms with Crippen molar-refractivity contribution in [2.45, 2.75) is 13.8 Å². The summed E-state index contributed by atoms with van der Waals surface area (Å²) in [7, 11) is 0. The highest BCUT2D eigenvalue weighted by atomic mass is 19.1. The van der Waals surface area contributed by atoms with E-state index in [-0.39, 0.29) is 17.7 Å². The first kappa shape index (κ1) is 15.8. The second kappa shape index (κ2) is 6.57. The molecule has 3 rings (SSSR count). The Morgan fingerprint density at radius 1 is 1.08 bits per heavy atom. The molecule has 6 nitrogen and oxygen atoms in total. The van der Waals surface area contributed by atoms with E-state index in [0.717, 1.165) is 5.56 Å². The lowest BCUT2D eigenvalue weighted by Crippen LogP contribution is -2.11. The van der Waals surface area contributed by atoms with Gasteiger partial charge in [-0.05, 0) is 43.3 Å². The minimum atomic E-state index is -0.295. The summed E-state index contributed by atoms with van der Waals surface area (Å²) in [6.45, 7) is 3.99. The van der Waals surface area contributed by atoms with E-state index in [9.17, 15) is 9.18 Å². The molecular formula is C17H16FN5O. The third kappa shape index (κ3) is 3.29. The van der Waals surface area contributed by atoms with Gasteiger partial charge in [-0.3, -0.25) is 10.1 Å². The Balaban J connectivity index is 2.12. The summed E-state index contributed by atoms with van der Waals surface area (Å²) in [4.78, 5) is 24.4. The fraction of sp³-hybridized carbons (Fsp3) is 0.176. The van der Waals surface area contributed by atoms with Gasteiger partial charge >= 0.3 is 0 Å². The molecule has 2 heterocycles. The standard InChI is InChI=1S/C17H16FN5O/c1-3-19-16-15-14(22-17(23-16)20-10(2)24)9-8-13(21-15)11-4-6-12(18)7-5-11/h4-9H,3H2,1-2H3,(H2,19,20,22,23,24). The van der Waals surface area contributed by atoms with Crippen molar-refractivity contribution in [2.24, 2.45) is 0 Å². The molecule has 1 aromatic carbocycles. The first-order valence-electron chi connectivity index (χ1n) is 7.53. The fourth-order valence-electron chi connectivity index (χ4n) is 2.30. The second-order valence-corrected chi connectivity index (χ2v) is 5.18. The molecule has 0 aliphatic rings. The molecule has 2 aromatic heterocycles. The van der Waals surface area contributed by atoms with Crippen LogP contribution < -0.4 is 10.6 Å². The topological polar surface area (TPSA) is 79.8 Å². The van der Waals surface area contributed by atoms with Crippen molar-refractivity contribution < 1.29 is 9.18 Å². The van der Waals surface area contributed by atoms with Crippen LogP contribution in [0.5, 0.6) is 0 Å². The van der Waals surface area contributed by atoms with Gasteiger partial charge in [-0.15, -0.1) is 0 Å². The number of halogens is 1. The molecule has 0 fully saturated rings. The van der Waals surface area contributed by atoms with Gasteiger partial charge in [0.15, 0.2) is 5.82 Å². The van der Waals surface area contributed by atoms with Crippen LogP contribution in [0, 0.1) is 5.82 Å². The number of carbonyl (C=O) groups excluding carboxylic acids is 1. The molecule has 0 spiro atoms. The van der Waals surface area contributed by atoms with Gasteiger partial charge in [0, 0.05) is 19.0 Å². The molecule has 2 N–H and O–H groups in total. The predicted molar refractivity (Wildman–Crippen MR) is 91.2 cm³/mol. The summed E-state index contributed by atoms with van der Waals surface area (Å²) in [6.07, 6.45) is 0. The van der Waals surface area contributed by atoms with Gasteiger partial charge in [0.25, 0.3) is 0 Å². The number of hydrogen-bond acceptors (Lipinski definition) is 5. The van der Waals surface area contributed by atoms with Crippen LogP contribution in [0.2, 0.25) is 0 Å². The number of benzene rings is 1. The Morgan fingerprint density at radius 3 is 2.50 bits per heavy atom. The highest BCUT2D eigenvalue weighted by Gasteiger charge is 2.11. The van der Waals surface area contributed by atoms with Gasteiger partial charge in [-0.1, -0.05) is 0 Å². The van der Waals surface area contributed by atoms with Crippen molar-refractivity contribution in [3.05, 3.63) is 42.2 Å². The Morgan fingerprint density at radius 2 is 1.83 bits per heavy atom. The van der Waals surface area contributed by atoms with Crippen LogP contribution in [-0.4, -0.2) is 27.4 Å². The van der Waals surface area contributed by atoms with Crippen molar-refractivity contribution in [1.82, 2.24) is 15.0 Å². The Hall–Kier alpha value is -3.09. The Bertz CT molecular complexity index is 895. The van der Waals surface area contributed by atoms with Crippen molar-refractivity contribution in [3.63, 3.8) is 0 Å². The molecule has 7 heteroatoms. The van der Waals surface area contributed by atoms with Crippen LogP contribution in [0.25, 0.3) is 22.3 Å². The van der Waals surface area contributed by atoms with E-state index >= 15 is 0 Å². The van der Waals surface area contributed by atoms with Crippen LogP contribution in [0.3, 0.4) is 0 Å². The molecule has 0 saturated carbocycles. The van der Waals surface area contributed by atoms with Gasteiger partial charge in [0.1, 0.15) is 11.3 Å². The Labute approximate surface area is 138 Å². The first-order valence-corrected chi connectivity index (χ1v) is 7.53. The molecule has 0 aliphatic carbocycles. The minimum absolute atomic E-state index is 0.224.